The molecule has 0 fully saturated rings. The van der Waals surface area contributed by atoms with Gasteiger partial charge in [-0.15, -0.1) is 0 Å². The van der Waals surface area contributed by atoms with Gasteiger partial charge in [0.05, 0.1) is 11.9 Å². The fourth-order valence-electron chi connectivity index (χ4n) is 4.39. The molecule has 0 spiro atoms. The first-order valence-corrected chi connectivity index (χ1v) is 12.6. The van der Waals surface area contributed by atoms with E-state index in [0.29, 0.717) is 22.9 Å². The molecular weight excluding hydrogens is 502 g/mol. The lowest BCUT2D eigenvalue weighted by Crippen LogP contribution is -2.16. The van der Waals surface area contributed by atoms with Crippen LogP contribution in [-0.4, -0.2) is 35.9 Å². The molecule has 1 aliphatic heterocycles. The van der Waals surface area contributed by atoms with Gasteiger partial charge in [-0.05, 0) is 73.7 Å². The lowest BCUT2D eigenvalue weighted by Gasteiger charge is -2.22. The highest BCUT2D eigenvalue weighted by atomic mass is 16.2. The van der Waals surface area contributed by atoms with Crippen molar-refractivity contribution in [1.29, 1.82) is 0 Å². The lowest BCUT2D eigenvalue weighted by molar-refractivity contribution is -0.111. The number of anilines is 7. The number of hydrogen-bond acceptors (Lipinski definition) is 7. The number of aryl methyl sites for hydroxylation is 1. The molecule has 200 valence electrons. The summed E-state index contributed by atoms with van der Waals surface area (Å²) in [4.78, 5) is 37.5. The molecule has 0 saturated heterocycles. The van der Waals surface area contributed by atoms with Gasteiger partial charge in [0.15, 0.2) is 5.82 Å². The van der Waals surface area contributed by atoms with Crippen LogP contribution in [0.2, 0.25) is 0 Å². The zero-order valence-electron chi connectivity index (χ0n) is 22.5. The highest BCUT2D eigenvalue weighted by Gasteiger charge is 2.25. The summed E-state index contributed by atoms with van der Waals surface area (Å²) in [5, 5.41) is 8.78. The molecule has 0 radical (unpaired) electrons. The predicted molar refractivity (Wildman–Crippen MR) is 162 cm³/mol. The van der Waals surface area contributed by atoms with Crippen LogP contribution in [-0.2, 0) is 4.79 Å². The number of benzene rings is 3. The number of nitrogens with one attached hydrogen (secondary N) is 3. The van der Waals surface area contributed by atoms with Crippen molar-refractivity contribution in [3.05, 3.63) is 109 Å². The molecule has 2 heterocycles. The molecule has 0 unspecified atom stereocenters. The van der Waals surface area contributed by atoms with Gasteiger partial charge in [-0.1, -0.05) is 24.8 Å². The van der Waals surface area contributed by atoms with E-state index in [9.17, 15) is 9.59 Å². The van der Waals surface area contributed by atoms with Crippen molar-refractivity contribution in [2.24, 2.45) is 0 Å². The van der Waals surface area contributed by atoms with E-state index >= 15 is 0 Å². The average Bonchev–Trinajstić information content (AvgIpc) is 3.03. The Bertz CT molecular complexity index is 1630. The quantitative estimate of drug-likeness (QED) is 0.259. The lowest BCUT2D eigenvalue weighted by atomic mass is 10.1. The number of carbonyl (C=O) groups excluding carboxylic acids is 2. The third kappa shape index (κ3) is 5.25. The van der Waals surface area contributed by atoms with Gasteiger partial charge in [0.2, 0.25) is 11.9 Å². The van der Waals surface area contributed by atoms with Gasteiger partial charge >= 0.3 is 0 Å². The minimum atomic E-state index is -0.312. The molecule has 5 rings (SSSR count). The molecule has 0 aliphatic carbocycles. The molecule has 0 bridgehead atoms. The van der Waals surface area contributed by atoms with Gasteiger partial charge in [0.1, 0.15) is 5.69 Å². The normalized spacial score (nSPS) is 12.1. The fourth-order valence-corrected chi connectivity index (χ4v) is 4.39. The standard InChI is InChI=1S/C31H29N7O2/c1-6-28(39)33-22-10-8-21(9-11-22)30(40)34-23-12-14-24(15-13-23)35-31-32-18-27-29(36-31)38(5)26-16-7-19(2)17-25(26)20(3)37(27)4/h6-18H,1,3H2,2,4-5H3,(H,33,39)(H,34,40)(H,32,35,36). The average molecular weight is 532 g/mol. The molecule has 2 amide bonds. The summed E-state index contributed by atoms with van der Waals surface area (Å²) >= 11 is 0. The van der Waals surface area contributed by atoms with Crippen LogP contribution in [0, 0.1) is 6.92 Å². The third-order valence-electron chi connectivity index (χ3n) is 6.66. The Labute approximate surface area is 232 Å². The van der Waals surface area contributed by atoms with Gasteiger partial charge in [-0.25, -0.2) is 4.98 Å². The minimum Gasteiger partial charge on any atom is -0.340 e. The first kappa shape index (κ1) is 26.2. The summed E-state index contributed by atoms with van der Waals surface area (Å²) in [6.07, 6.45) is 2.97. The number of fused-ring (bicyclic) bond motifs is 2. The molecule has 9 nitrogen and oxygen atoms in total. The number of hydrogen-bond donors (Lipinski definition) is 3. The number of rotatable bonds is 6. The SMILES string of the molecule is C=CC(=O)Nc1ccc(C(=O)Nc2ccc(Nc3ncc4c(n3)N(C)c3ccc(C)cc3C(=C)N4C)cc2)cc1. The van der Waals surface area contributed by atoms with Crippen LogP contribution < -0.4 is 25.8 Å². The summed E-state index contributed by atoms with van der Waals surface area (Å²) in [5.41, 5.74) is 7.40. The van der Waals surface area contributed by atoms with Gasteiger partial charge in [-0.2, -0.15) is 4.98 Å². The molecule has 3 N–H and O–H groups in total. The second kappa shape index (κ2) is 10.7. The van der Waals surface area contributed by atoms with Crippen molar-refractivity contribution in [1.82, 2.24) is 9.97 Å². The number of aromatic nitrogens is 2. The minimum absolute atomic E-state index is 0.263. The molecule has 1 aliphatic rings. The van der Waals surface area contributed by atoms with Crippen LogP contribution in [0.4, 0.5) is 40.2 Å². The third-order valence-corrected chi connectivity index (χ3v) is 6.66. The summed E-state index contributed by atoms with van der Waals surface area (Å²) in [7, 11) is 3.95. The molecule has 9 heteroatoms. The highest BCUT2D eigenvalue weighted by Crippen LogP contribution is 2.42. The number of amides is 2. The monoisotopic (exact) mass is 531 g/mol. The zero-order valence-corrected chi connectivity index (χ0v) is 22.5. The maximum absolute atomic E-state index is 12.7. The van der Waals surface area contributed by atoms with Crippen molar-refractivity contribution in [3.8, 4) is 0 Å². The van der Waals surface area contributed by atoms with E-state index in [-0.39, 0.29) is 11.8 Å². The Morgan fingerprint density at radius 1 is 0.850 bits per heavy atom. The Balaban J connectivity index is 1.29. The van der Waals surface area contributed by atoms with E-state index in [1.807, 2.05) is 36.0 Å². The molecule has 0 atom stereocenters. The molecular formula is C31H29N7O2. The second-order valence-electron chi connectivity index (χ2n) is 9.41. The van der Waals surface area contributed by atoms with E-state index in [1.165, 1.54) is 6.08 Å². The Hall–Kier alpha value is -5.44. The fraction of sp³-hybridized carbons (Fsp3) is 0.0968. The Morgan fingerprint density at radius 3 is 2.20 bits per heavy atom. The highest BCUT2D eigenvalue weighted by molar-refractivity contribution is 6.05. The van der Waals surface area contributed by atoms with Gasteiger partial charge < -0.3 is 25.8 Å². The first-order chi connectivity index (χ1) is 19.2. The number of nitrogens with zero attached hydrogens (tertiary/aromatic N) is 4. The van der Waals surface area contributed by atoms with Gasteiger partial charge in [0, 0.05) is 48.0 Å². The van der Waals surface area contributed by atoms with Crippen LogP contribution in [0.15, 0.2) is 92.2 Å². The van der Waals surface area contributed by atoms with E-state index in [2.05, 4.69) is 59.2 Å². The first-order valence-electron chi connectivity index (χ1n) is 12.6. The van der Waals surface area contributed by atoms with E-state index in [0.717, 1.165) is 39.7 Å². The molecule has 1 aromatic heterocycles. The molecule has 3 aromatic carbocycles. The van der Waals surface area contributed by atoms with Crippen LogP contribution in [0.5, 0.6) is 0 Å². The van der Waals surface area contributed by atoms with E-state index in [1.54, 1.807) is 42.6 Å². The molecule has 4 aromatic rings. The van der Waals surface area contributed by atoms with Crippen LogP contribution in [0.1, 0.15) is 21.5 Å². The summed E-state index contributed by atoms with van der Waals surface area (Å²) < 4.78 is 0. The van der Waals surface area contributed by atoms with E-state index < -0.39 is 0 Å². The van der Waals surface area contributed by atoms with Gasteiger partial charge in [-0.3, -0.25) is 9.59 Å². The zero-order chi connectivity index (χ0) is 28.4. The van der Waals surface area contributed by atoms with Crippen LogP contribution in [0.25, 0.3) is 5.70 Å². The van der Waals surface area contributed by atoms with Crippen molar-refractivity contribution in [3.63, 3.8) is 0 Å². The topological polar surface area (TPSA) is 102 Å². The summed E-state index contributed by atoms with van der Waals surface area (Å²) in [5.74, 6) is 0.622. The predicted octanol–water partition coefficient (Wildman–Crippen LogP) is 6.09. The molecule has 0 saturated carbocycles. The maximum Gasteiger partial charge on any atom is 0.255 e. The number of carbonyl (C=O) groups is 2. The molecule has 40 heavy (non-hydrogen) atoms. The van der Waals surface area contributed by atoms with Crippen LogP contribution in [0.3, 0.4) is 0 Å². The van der Waals surface area contributed by atoms with E-state index in [4.69, 9.17) is 4.98 Å². The van der Waals surface area contributed by atoms with Crippen molar-refractivity contribution in [2.75, 3.05) is 39.8 Å². The van der Waals surface area contributed by atoms with Crippen LogP contribution >= 0.6 is 0 Å². The Kier molecular flexibility index (Phi) is 7.03. The summed E-state index contributed by atoms with van der Waals surface area (Å²) in [6, 6.07) is 20.2. The largest absolute Gasteiger partial charge is 0.340 e. The van der Waals surface area contributed by atoms with Crippen molar-refractivity contribution in [2.45, 2.75) is 6.92 Å². The van der Waals surface area contributed by atoms with Gasteiger partial charge in [0.25, 0.3) is 5.91 Å². The second-order valence-corrected chi connectivity index (χ2v) is 9.41. The van der Waals surface area contributed by atoms with Crippen molar-refractivity contribution >= 4 is 57.7 Å². The smallest absolute Gasteiger partial charge is 0.255 e. The Morgan fingerprint density at radius 2 is 1.50 bits per heavy atom. The van der Waals surface area contributed by atoms with Crippen molar-refractivity contribution < 1.29 is 9.59 Å². The summed E-state index contributed by atoms with van der Waals surface area (Å²) in [6.45, 7) is 9.79. The maximum atomic E-state index is 12.7.